The van der Waals surface area contributed by atoms with E-state index in [0.29, 0.717) is 12.0 Å². The van der Waals surface area contributed by atoms with Crippen molar-refractivity contribution in [2.45, 2.75) is 51.2 Å². The predicted molar refractivity (Wildman–Crippen MR) is 114 cm³/mol. The van der Waals surface area contributed by atoms with Crippen LogP contribution in [0.4, 0.5) is 5.82 Å². The Bertz CT molecular complexity index is 1150. The van der Waals surface area contributed by atoms with Gasteiger partial charge in [-0.15, -0.1) is 5.10 Å². The fourth-order valence-corrected chi connectivity index (χ4v) is 4.41. The van der Waals surface area contributed by atoms with Crippen molar-refractivity contribution in [3.63, 3.8) is 0 Å². The van der Waals surface area contributed by atoms with Gasteiger partial charge >= 0.3 is 0 Å². The Labute approximate surface area is 169 Å². The molecule has 0 radical (unpaired) electrons. The molecule has 4 aromatic rings. The largest absolute Gasteiger partial charge is 0.464 e. The van der Waals surface area contributed by atoms with E-state index in [2.05, 4.69) is 22.4 Å². The van der Waals surface area contributed by atoms with E-state index in [1.165, 1.54) is 0 Å². The summed E-state index contributed by atoms with van der Waals surface area (Å²) in [6.07, 6.45) is 7.70. The summed E-state index contributed by atoms with van der Waals surface area (Å²) in [4.78, 5) is 4.50. The molecule has 1 saturated carbocycles. The first-order valence-corrected chi connectivity index (χ1v) is 10.3. The number of aliphatic hydroxyl groups is 1. The molecule has 0 bridgehead atoms. The van der Waals surface area contributed by atoms with E-state index >= 15 is 0 Å². The van der Waals surface area contributed by atoms with Crippen LogP contribution in [0.15, 0.2) is 53.3 Å². The topological polar surface area (TPSA) is 75.6 Å². The summed E-state index contributed by atoms with van der Waals surface area (Å²) in [6, 6.07) is 12.5. The first kappa shape index (κ1) is 18.2. The number of imidazole rings is 1. The lowest BCUT2D eigenvalue weighted by Crippen LogP contribution is -2.37. The van der Waals surface area contributed by atoms with Crippen LogP contribution < -0.4 is 5.32 Å². The van der Waals surface area contributed by atoms with Gasteiger partial charge in [0.15, 0.2) is 5.65 Å². The van der Waals surface area contributed by atoms with Crippen molar-refractivity contribution in [1.82, 2.24) is 14.6 Å². The third-order valence-electron chi connectivity index (χ3n) is 6.19. The minimum absolute atomic E-state index is 0.368. The average Bonchev–Trinajstić information content (AvgIpc) is 3.33. The molecule has 1 aromatic carbocycles. The van der Waals surface area contributed by atoms with Crippen molar-refractivity contribution < 1.29 is 9.52 Å². The van der Waals surface area contributed by atoms with E-state index in [1.807, 2.05) is 48.8 Å². The van der Waals surface area contributed by atoms with Crippen molar-refractivity contribution in [3.05, 3.63) is 48.9 Å². The molecule has 0 amide bonds. The van der Waals surface area contributed by atoms with Crippen molar-refractivity contribution in [2.75, 3.05) is 5.32 Å². The van der Waals surface area contributed by atoms with Gasteiger partial charge in [-0.05, 0) is 69.7 Å². The minimum atomic E-state index is -0.594. The van der Waals surface area contributed by atoms with Gasteiger partial charge in [-0.3, -0.25) is 0 Å². The van der Waals surface area contributed by atoms with Crippen molar-refractivity contribution in [1.29, 1.82) is 0 Å². The normalized spacial score (nSPS) is 20.4. The van der Waals surface area contributed by atoms with Gasteiger partial charge in [-0.2, -0.15) is 0 Å². The van der Waals surface area contributed by atoms with Crippen LogP contribution in [-0.2, 0) is 0 Å². The maximum absolute atomic E-state index is 10.3. The number of benzene rings is 1. The molecule has 6 nitrogen and oxygen atoms in total. The van der Waals surface area contributed by atoms with Crippen LogP contribution in [0.5, 0.6) is 0 Å². The number of furan rings is 1. The fourth-order valence-electron chi connectivity index (χ4n) is 4.41. The molecule has 2 N–H and O–H groups in total. The van der Waals surface area contributed by atoms with Gasteiger partial charge in [0.1, 0.15) is 11.4 Å². The number of aromatic nitrogens is 3. The number of rotatable bonds is 4. The number of hydrogen-bond donors (Lipinski definition) is 2. The van der Waals surface area contributed by atoms with Gasteiger partial charge in [0.25, 0.3) is 0 Å². The number of nitrogens with one attached hydrogen (secondary N) is 1. The fraction of sp³-hybridized carbons (Fsp3) is 0.391. The third kappa shape index (κ3) is 3.49. The molecule has 29 heavy (non-hydrogen) atoms. The number of fused-ring (bicyclic) bond motifs is 2. The zero-order valence-corrected chi connectivity index (χ0v) is 16.8. The van der Waals surface area contributed by atoms with Crippen LogP contribution in [0, 0.1) is 5.92 Å². The maximum atomic E-state index is 10.3. The number of hydrogen-bond acceptors (Lipinski definition) is 5. The van der Waals surface area contributed by atoms with E-state index in [-0.39, 0.29) is 0 Å². The van der Waals surface area contributed by atoms with Crippen molar-refractivity contribution in [2.24, 2.45) is 5.92 Å². The smallest absolute Gasteiger partial charge is 0.154 e. The lowest BCUT2D eigenvalue weighted by atomic mass is 9.77. The molecule has 6 heteroatoms. The molecule has 0 aliphatic heterocycles. The lowest BCUT2D eigenvalue weighted by molar-refractivity contribution is -0.000405. The standard InChI is InChI=1S/C23H26N4O2/c1-23(2,28)17-5-7-18(8-6-17)25-21-9-10-22-24-14-19(27(22)26-21)16-4-3-15-11-12-29-20(15)13-16/h3-4,9-14,17-18,28H,5-8H2,1-2H3,(H,25,26). The zero-order valence-electron chi connectivity index (χ0n) is 16.8. The Morgan fingerprint density at radius 3 is 2.72 bits per heavy atom. The Balaban J connectivity index is 1.38. The molecule has 1 aliphatic carbocycles. The lowest BCUT2D eigenvalue weighted by Gasteiger charge is -2.36. The highest BCUT2D eigenvalue weighted by molar-refractivity contribution is 5.82. The van der Waals surface area contributed by atoms with E-state index in [1.54, 1.807) is 6.26 Å². The molecule has 1 fully saturated rings. The second kappa shape index (κ2) is 6.88. The SMILES string of the molecule is CC(C)(O)C1CCC(Nc2ccc3ncc(-c4ccc5ccoc5c4)n3n2)CC1. The van der Waals surface area contributed by atoms with Crippen LogP contribution >= 0.6 is 0 Å². The third-order valence-corrected chi connectivity index (χ3v) is 6.19. The second-order valence-electron chi connectivity index (χ2n) is 8.65. The maximum Gasteiger partial charge on any atom is 0.154 e. The summed E-state index contributed by atoms with van der Waals surface area (Å²) in [5.74, 6) is 1.22. The van der Waals surface area contributed by atoms with Gasteiger partial charge in [-0.1, -0.05) is 12.1 Å². The second-order valence-corrected chi connectivity index (χ2v) is 8.65. The van der Waals surface area contributed by atoms with Crippen molar-refractivity contribution in [3.8, 4) is 11.3 Å². The van der Waals surface area contributed by atoms with Crippen molar-refractivity contribution >= 4 is 22.4 Å². The molecule has 0 spiro atoms. The highest BCUT2D eigenvalue weighted by atomic mass is 16.3. The monoisotopic (exact) mass is 390 g/mol. The summed E-state index contributed by atoms with van der Waals surface area (Å²) in [5.41, 5.74) is 3.04. The van der Waals surface area contributed by atoms with Crippen LogP contribution in [0.1, 0.15) is 39.5 Å². The van der Waals surface area contributed by atoms with Crippen LogP contribution in [0.25, 0.3) is 27.9 Å². The number of anilines is 1. The van der Waals surface area contributed by atoms with Gasteiger partial charge in [0.05, 0.1) is 23.8 Å². The molecule has 0 atom stereocenters. The summed E-state index contributed by atoms with van der Waals surface area (Å²) < 4.78 is 7.43. The number of nitrogens with zero attached hydrogens (tertiary/aromatic N) is 3. The van der Waals surface area contributed by atoms with Gasteiger partial charge in [0, 0.05) is 17.0 Å². The average molecular weight is 390 g/mol. The summed E-state index contributed by atoms with van der Waals surface area (Å²) in [6.45, 7) is 3.84. The predicted octanol–water partition coefficient (Wildman–Crippen LogP) is 4.88. The molecule has 0 saturated heterocycles. The van der Waals surface area contributed by atoms with Gasteiger partial charge in [-0.25, -0.2) is 9.50 Å². The van der Waals surface area contributed by atoms with E-state index in [9.17, 15) is 5.11 Å². The Kier molecular flexibility index (Phi) is 4.32. The molecule has 3 aromatic heterocycles. The quantitative estimate of drug-likeness (QED) is 0.519. The minimum Gasteiger partial charge on any atom is -0.464 e. The Morgan fingerprint density at radius 2 is 1.93 bits per heavy atom. The summed E-state index contributed by atoms with van der Waals surface area (Å²) in [7, 11) is 0. The van der Waals surface area contributed by atoms with E-state index in [0.717, 1.165) is 59.4 Å². The van der Waals surface area contributed by atoms with E-state index in [4.69, 9.17) is 9.52 Å². The molecular weight excluding hydrogens is 364 g/mol. The highest BCUT2D eigenvalue weighted by Crippen LogP contribution is 2.33. The zero-order chi connectivity index (χ0) is 20.0. The molecule has 1 aliphatic rings. The Morgan fingerprint density at radius 1 is 1.10 bits per heavy atom. The molecular formula is C23H26N4O2. The van der Waals surface area contributed by atoms with Gasteiger partial charge in [0.2, 0.25) is 0 Å². The summed E-state index contributed by atoms with van der Waals surface area (Å²) >= 11 is 0. The molecule has 5 rings (SSSR count). The first-order valence-electron chi connectivity index (χ1n) is 10.3. The highest BCUT2D eigenvalue weighted by Gasteiger charge is 2.31. The molecule has 0 unspecified atom stereocenters. The van der Waals surface area contributed by atoms with Crippen LogP contribution in [0.2, 0.25) is 0 Å². The first-order chi connectivity index (χ1) is 14.0. The van der Waals surface area contributed by atoms with E-state index < -0.39 is 5.60 Å². The molecule has 150 valence electrons. The summed E-state index contributed by atoms with van der Waals surface area (Å²) in [5, 5.41) is 19.7. The van der Waals surface area contributed by atoms with Crippen LogP contribution in [-0.4, -0.2) is 31.3 Å². The molecule has 3 heterocycles. The Hall–Kier alpha value is -2.86. The van der Waals surface area contributed by atoms with Crippen LogP contribution in [0.3, 0.4) is 0 Å². The van der Waals surface area contributed by atoms with Gasteiger partial charge < -0.3 is 14.8 Å².